The van der Waals surface area contributed by atoms with E-state index in [1.54, 1.807) is 7.05 Å². The van der Waals surface area contributed by atoms with Crippen LogP contribution in [0.15, 0.2) is 14.7 Å². The van der Waals surface area contributed by atoms with Gasteiger partial charge in [-0.05, 0) is 6.42 Å². The molecule has 0 unspecified atom stereocenters. The lowest BCUT2D eigenvalue weighted by molar-refractivity contribution is 0.602. The molecular formula is C11H14N4O4S2. The average Bonchev–Trinajstić information content (AvgIpc) is 2.98. The zero-order chi connectivity index (χ0) is 15.4. The summed E-state index contributed by atoms with van der Waals surface area (Å²) in [7, 11) is -0.0138. The summed E-state index contributed by atoms with van der Waals surface area (Å²) < 4.78 is 25.2. The van der Waals surface area contributed by atoms with E-state index >= 15 is 0 Å². The lowest BCUT2D eigenvalue weighted by Crippen LogP contribution is -2.36. The highest BCUT2D eigenvalue weighted by Crippen LogP contribution is 2.29. The molecule has 0 aliphatic carbocycles. The average molecular weight is 330 g/mol. The van der Waals surface area contributed by atoms with Gasteiger partial charge < -0.3 is 4.98 Å². The van der Waals surface area contributed by atoms with Crippen LogP contribution in [-0.4, -0.2) is 44.3 Å². The van der Waals surface area contributed by atoms with Gasteiger partial charge in [0.2, 0.25) is 0 Å². The number of nitrogens with one attached hydrogen (secondary N) is 1. The van der Waals surface area contributed by atoms with E-state index in [1.165, 1.54) is 23.4 Å². The van der Waals surface area contributed by atoms with E-state index in [0.717, 1.165) is 4.57 Å². The maximum Gasteiger partial charge on any atom is 0.332 e. The zero-order valence-corrected chi connectivity index (χ0v) is 13.1. The molecule has 0 radical (unpaired) electrons. The molecule has 1 atom stereocenters. The van der Waals surface area contributed by atoms with Gasteiger partial charge in [0.25, 0.3) is 5.56 Å². The van der Waals surface area contributed by atoms with Crippen molar-refractivity contribution in [3.63, 3.8) is 0 Å². The summed E-state index contributed by atoms with van der Waals surface area (Å²) in [6, 6.07) is 0. The van der Waals surface area contributed by atoms with Gasteiger partial charge in [-0.25, -0.2) is 18.2 Å². The van der Waals surface area contributed by atoms with Crippen LogP contribution in [0.5, 0.6) is 0 Å². The summed E-state index contributed by atoms with van der Waals surface area (Å²) in [5.74, 6) is 0.302. The van der Waals surface area contributed by atoms with Gasteiger partial charge in [0.05, 0.1) is 11.5 Å². The zero-order valence-electron chi connectivity index (χ0n) is 11.5. The topological polar surface area (TPSA) is 107 Å². The van der Waals surface area contributed by atoms with Crippen molar-refractivity contribution in [1.82, 2.24) is 19.1 Å². The number of sulfone groups is 1. The molecule has 2 aromatic heterocycles. The molecule has 1 saturated heterocycles. The van der Waals surface area contributed by atoms with Gasteiger partial charge in [0.1, 0.15) is 0 Å². The summed E-state index contributed by atoms with van der Waals surface area (Å²) in [5.41, 5.74) is -0.347. The molecule has 2 aromatic rings. The normalized spacial score (nSPS) is 21.1. The van der Waals surface area contributed by atoms with Gasteiger partial charge >= 0.3 is 5.69 Å². The van der Waals surface area contributed by atoms with Crippen LogP contribution < -0.4 is 11.2 Å². The second-order valence-corrected chi connectivity index (χ2v) is 8.61. The lowest BCUT2D eigenvalue weighted by Gasteiger charge is -2.02. The van der Waals surface area contributed by atoms with Crippen molar-refractivity contribution in [2.75, 3.05) is 11.5 Å². The van der Waals surface area contributed by atoms with E-state index in [-0.39, 0.29) is 27.9 Å². The molecule has 8 nitrogen and oxygen atoms in total. The monoisotopic (exact) mass is 330 g/mol. The quantitative estimate of drug-likeness (QED) is 0.776. The van der Waals surface area contributed by atoms with Crippen LogP contribution in [0, 0.1) is 0 Å². The molecular weight excluding hydrogens is 316 g/mol. The third-order valence-corrected chi connectivity index (χ3v) is 6.67. The fourth-order valence-corrected chi connectivity index (χ4v) is 5.81. The second kappa shape index (κ2) is 4.73. The molecule has 114 valence electrons. The number of hydrogen-bond acceptors (Lipinski definition) is 6. The summed E-state index contributed by atoms with van der Waals surface area (Å²) >= 11 is 1.30. The Bertz CT molecular complexity index is 938. The summed E-state index contributed by atoms with van der Waals surface area (Å²) in [6.45, 7) is 0. The van der Waals surface area contributed by atoms with Crippen LogP contribution in [0.3, 0.4) is 0 Å². The highest BCUT2D eigenvalue weighted by molar-refractivity contribution is 8.01. The summed E-state index contributed by atoms with van der Waals surface area (Å²) in [5, 5.41) is 0.391. The predicted molar refractivity (Wildman–Crippen MR) is 79.5 cm³/mol. The number of aromatic amines is 1. The van der Waals surface area contributed by atoms with Gasteiger partial charge in [0, 0.05) is 19.3 Å². The predicted octanol–water partition coefficient (Wildman–Crippen LogP) is -0.760. The second-order valence-electron chi connectivity index (χ2n) is 5.09. The lowest BCUT2D eigenvalue weighted by atomic mass is 10.4. The van der Waals surface area contributed by atoms with Crippen LogP contribution in [0.1, 0.15) is 6.42 Å². The number of thioether (sulfide) groups is 1. The number of aryl methyl sites for hydroxylation is 1. The molecule has 1 N–H and O–H groups in total. The molecule has 10 heteroatoms. The van der Waals surface area contributed by atoms with Crippen LogP contribution in [0.2, 0.25) is 0 Å². The van der Waals surface area contributed by atoms with Crippen molar-refractivity contribution in [3.8, 4) is 0 Å². The first-order chi connectivity index (χ1) is 9.78. The van der Waals surface area contributed by atoms with Crippen molar-refractivity contribution >= 4 is 32.8 Å². The van der Waals surface area contributed by atoms with Crippen molar-refractivity contribution < 1.29 is 8.42 Å². The smallest absolute Gasteiger partial charge is 0.327 e. The molecule has 0 amide bonds. The van der Waals surface area contributed by atoms with Gasteiger partial charge in [-0.2, -0.15) is 0 Å². The minimum atomic E-state index is -2.96. The molecule has 0 saturated carbocycles. The number of aromatic nitrogens is 4. The fraction of sp³-hybridized carbons (Fsp3) is 0.545. The Kier molecular flexibility index (Phi) is 3.24. The van der Waals surface area contributed by atoms with E-state index in [1.807, 2.05) is 0 Å². The molecule has 1 aliphatic heterocycles. The first kappa shape index (κ1) is 14.4. The third kappa shape index (κ3) is 2.42. The van der Waals surface area contributed by atoms with Crippen LogP contribution in [0.4, 0.5) is 0 Å². The van der Waals surface area contributed by atoms with Crippen molar-refractivity contribution in [1.29, 1.82) is 0 Å². The molecule has 3 heterocycles. The maximum absolute atomic E-state index is 12.0. The maximum atomic E-state index is 12.0. The number of H-pyrrole nitrogens is 1. The van der Waals surface area contributed by atoms with E-state index in [9.17, 15) is 18.0 Å². The van der Waals surface area contributed by atoms with E-state index in [4.69, 9.17) is 0 Å². The van der Waals surface area contributed by atoms with Gasteiger partial charge in [-0.15, -0.1) is 0 Å². The van der Waals surface area contributed by atoms with Gasteiger partial charge in [0.15, 0.2) is 26.2 Å². The van der Waals surface area contributed by atoms with E-state index in [0.29, 0.717) is 11.6 Å². The van der Waals surface area contributed by atoms with Crippen molar-refractivity contribution in [2.45, 2.75) is 16.8 Å². The molecule has 0 spiro atoms. The van der Waals surface area contributed by atoms with Crippen molar-refractivity contribution in [3.05, 3.63) is 20.8 Å². The minimum absolute atomic E-state index is 0.0727. The summed E-state index contributed by atoms with van der Waals surface area (Å²) in [4.78, 5) is 31.0. The third-order valence-electron chi connectivity index (χ3n) is 3.54. The number of nitrogens with zero attached hydrogens (tertiary/aromatic N) is 3. The standard InChI is InChI=1S/C11H14N4O4S2/c1-14-8-7(9(16)15(2)11(14)17)12-10(13-8)20-6-3-4-21(18,19)5-6/h6H,3-5H2,1-2H3,(H,12,13)/t6-/m1/s1. The number of imidazole rings is 1. The molecule has 3 rings (SSSR count). The Hall–Kier alpha value is -1.55. The van der Waals surface area contributed by atoms with Crippen LogP contribution in [-0.2, 0) is 23.9 Å². The number of fused-ring (bicyclic) bond motifs is 1. The first-order valence-corrected chi connectivity index (χ1v) is 9.01. The van der Waals surface area contributed by atoms with Crippen LogP contribution >= 0.6 is 11.8 Å². The molecule has 1 aliphatic rings. The Morgan fingerprint density at radius 1 is 1.29 bits per heavy atom. The van der Waals surface area contributed by atoms with Crippen LogP contribution in [0.25, 0.3) is 11.2 Å². The molecule has 0 bridgehead atoms. The highest BCUT2D eigenvalue weighted by Gasteiger charge is 2.29. The SMILES string of the molecule is Cn1c(=O)c2[nH]c(S[C@@H]3CCS(=O)(=O)C3)nc2n(C)c1=O. The number of rotatable bonds is 2. The Morgan fingerprint density at radius 2 is 2.00 bits per heavy atom. The minimum Gasteiger partial charge on any atom is -0.327 e. The highest BCUT2D eigenvalue weighted by atomic mass is 32.2. The summed E-state index contributed by atoms with van der Waals surface area (Å²) in [6.07, 6.45) is 0.570. The molecule has 21 heavy (non-hydrogen) atoms. The Labute approximate surface area is 124 Å². The molecule has 1 fully saturated rings. The number of hydrogen-bond donors (Lipinski definition) is 1. The first-order valence-electron chi connectivity index (χ1n) is 6.31. The molecule has 0 aromatic carbocycles. The van der Waals surface area contributed by atoms with Gasteiger partial charge in [-0.1, -0.05) is 11.8 Å². The van der Waals surface area contributed by atoms with E-state index in [2.05, 4.69) is 9.97 Å². The Balaban J connectivity index is 2.03. The van der Waals surface area contributed by atoms with Crippen molar-refractivity contribution in [2.24, 2.45) is 14.1 Å². The fourth-order valence-electron chi connectivity index (χ4n) is 2.37. The van der Waals surface area contributed by atoms with E-state index < -0.39 is 21.1 Å². The van der Waals surface area contributed by atoms with Gasteiger partial charge in [-0.3, -0.25) is 13.9 Å². The Morgan fingerprint density at radius 3 is 2.62 bits per heavy atom. The largest absolute Gasteiger partial charge is 0.332 e.